The van der Waals surface area contributed by atoms with Crippen LogP contribution in [0.5, 0.6) is 0 Å². The van der Waals surface area contributed by atoms with Crippen molar-refractivity contribution in [2.75, 3.05) is 0 Å². The summed E-state index contributed by atoms with van der Waals surface area (Å²) in [4.78, 5) is 12.5. The quantitative estimate of drug-likeness (QED) is 0.602. The summed E-state index contributed by atoms with van der Waals surface area (Å²) in [6, 6.07) is 6.06. The lowest BCUT2D eigenvalue weighted by atomic mass is 10.1. The summed E-state index contributed by atoms with van der Waals surface area (Å²) in [5.74, 6) is 0. The normalized spacial score (nSPS) is 14.5. The van der Waals surface area contributed by atoms with Gasteiger partial charge in [0.25, 0.3) is 5.56 Å². The second kappa shape index (κ2) is 3.22. The standard InChI is InChI=1S/C14H13N3O/c1-9-3-4-10-11(7-9)14(18)16-5-2-6-17-13(16)12(10)8-15-17/h3-4,7-8H,2,5-6H2,1H3. The molecule has 2 aromatic heterocycles. The molecular weight excluding hydrogens is 226 g/mol. The monoisotopic (exact) mass is 239 g/mol. The first-order valence-corrected chi connectivity index (χ1v) is 6.24. The van der Waals surface area contributed by atoms with Crippen molar-refractivity contribution >= 4 is 21.8 Å². The number of fused-ring (bicyclic) bond motifs is 2. The summed E-state index contributed by atoms with van der Waals surface area (Å²) in [7, 11) is 0. The van der Waals surface area contributed by atoms with E-state index in [2.05, 4.69) is 11.2 Å². The third kappa shape index (κ3) is 1.10. The molecule has 90 valence electrons. The molecule has 0 saturated heterocycles. The average molecular weight is 239 g/mol. The molecule has 0 radical (unpaired) electrons. The van der Waals surface area contributed by atoms with Crippen molar-refractivity contribution in [3.8, 4) is 0 Å². The fourth-order valence-electron chi connectivity index (χ4n) is 2.91. The van der Waals surface area contributed by atoms with Gasteiger partial charge in [-0.05, 0) is 24.8 Å². The summed E-state index contributed by atoms with van der Waals surface area (Å²) in [5, 5.41) is 7.31. The molecule has 0 aliphatic carbocycles. The Balaban J connectivity index is 2.35. The van der Waals surface area contributed by atoms with E-state index in [0.717, 1.165) is 46.9 Å². The Bertz CT molecular complexity index is 841. The Hall–Kier alpha value is -2.10. The van der Waals surface area contributed by atoms with E-state index >= 15 is 0 Å². The van der Waals surface area contributed by atoms with Crippen molar-refractivity contribution in [1.82, 2.24) is 14.3 Å². The zero-order valence-corrected chi connectivity index (χ0v) is 10.2. The fraction of sp³-hybridized carbons (Fsp3) is 0.286. The topological polar surface area (TPSA) is 39.8 Å². The van der Waals surface area contributed by atoms with Crippen molar-refractivity contribution in [3.63, 3.8) is 0 Å². The van der Waals surface area contributed by atoms with E-state index in [-0.39, 0.29) is 5.56 Å². The zero-order chi connectivity index (χ0) is 12.3. The van der Waals surface area contributed by atoms with E-state index < -0.39 is 0 Å². The van der Waals surface area contributed by atoms with Crippen LogP contribution in [0.3, 0.4) is 0 Å². The van der Waals surface area contributed by atoms with Crippen LogP contribution in [-0.4, -0.2) is 14.3 Å². The van der Waals surface area contributed by atoms with Gasteiger partial charge >= 0.3 is 0 Å². The van der Waals surface area contributed by atoms with Gasteiger partial charge in [-0.2, -0.15) is 5.10 Å². The Morgan fingerprint density at radius 2 is 2.06 bits per heavy atom. The Kier molecular flexibility index (Phi) is 1.77. The van der Waals surface area contributed by atoms with Crippen molar-refractivity contribution in [3.05, 3.63) is 40.3 Å². The van der Waals surface area contributed by atoms with Crippen LogP contribution in [0.4, 0.5) is 0 Å². The van der Waals surface area contributed by atoms with Gasteiger partial charge in [-0.15, -0.1) is 0 Å². The highest BCUT2D eigenvalue weighted by molar-refractivity contribution is 6.04. The number of hydrogen-bond acceptors (Lipinski definition) is 2. The van der Waals surface area contributed by atoms with E-state index in [0.29, 0.717) is 0 Å². The first-order chi connectivity index (χ1) is 8.75. The third-order valence-corrected chi connectivity index (χ3v) is 3.76. The SMILES string of the molecule is Cc1ccc2c(c1)c(=O)n1c3c2cnn3CCC1. The van der Waals surface area contributed by atoms with Gasteiger partial charge in [-0.25, -0.2) is 4.68 Å². The number of nitrogens with zero attached hydrogens (tertiary/aromatic N) is 3. The van der Waals surface area contributed by atoms with Gasteiger partial charge in [-0.1, -0.05) is 17.7 Å². The van der Waals surface area contributed by atoms with Gasteiger partial charge in [0.1, 0.15) is 5.65 Å². The molecule has 0 unspecified atom stereocenters. The lowest BCUT2D eigenvalue weighted by Gasteiger charge is -2.17. The lowest BCUT2D eigenvalue weighted by Crippen LogP contribution is -2.27. The zero-order valence-electron chi connectivity index (χ0n) is 10.2. The first kappa shape index (κ1) is 9.88. The Morgan fingerprint density at radius 3 is 2.94 bits per heavy atom. The predicted octanol–water partition coefficient (Wildman–Crippen LogP) is 2.06. The van der Waals surface area contributed by atoms with E-state index in [4.69, 9.17) is 0 Å². The van der Waals surface area contributed by atoms with Gasteiger partial charge in [0.2, 0.25) is 0 Å². The summed E-state index contributed by atoms with van der Waals surface area (Å²) in [6.45, 7) is 3.72. The lowest BCUT2D eigenvalue weighted by molar-refractivity contribution is 0.485. The first-order valence-electron chi connectivity index (χ1n) is 6.24. The molecule has 3 heterocycles. The predicted molar refractivity (Wildman–Crippen MR) is 70.9 cm³/mol. The summed E-state index contributed by atoms with van der Waals surface area (Å²) < 4.78 is 3.81. The molecule has 0 amide bonds. The van der Waals surface area contributed by atoms with Crippen LogP contribution in [0, 0.1) is 6.92 Å². The molecule has 0 N–H and O–H groups in total. The molecule has 0 spiro atoms. The third-order valence-electron chi connectivity index (χ3n) is 3.76. The molecule has 0 bridgehead atoms. The average Bonchev–Trinajstić information content (AvgIpc) is 2.81. The highest BCUT2D eigenvalue weighted by Crippen LogP contribution is 2.25. The van der Waals surface area contributed by atoms with Gasteiger partial charge in [-0.3, -0.25) is 9.36 Å². The van der Waals surface area contributed by atoms with Gasteiger partial charge < -0.3 is 0 Å². The smallest absolute Gasteiger partial charge is 0.260 e. The van der Waals surface area contributed by atoms with E-state index in [1.165, 1.54) is 0 Å². The van der Waals surface area contributed by atoms with Gasteiger partial charge in [0.15, 0.2) is 0 Å². The maximum Gasteiger partial charge on any atom is 0.260 e. The van der Waals surface area contributed by atoms with Crippen LogP contribution in [0.2, 0.25) is 0 Å². The second-order valence-electron chi connectivity index (χ2n) is 4.96. The molecule has 0 saturated carbocycles. The summed E-state index contributed by atoms with van der Waals surface area (Å²) >= 11 is 0. The number of benzene rings is 1. The van der Waals surface area contributed by atoms with Crippen LogP contribution in [0.25, 0.3) is 21.8 Å². The Morgan fingerprint density at radius 1 is 1.17 bits per heavy atom. The molecule has 4 rings (SSSR count). The van der Waals surface area contributed by atoms with E-state index in [9.17, 15) is 4.79 Å². The van der Waals surface area contributed by atoms with Gasteiger partial charge in [0, 0.05) is 23.9 Å². The minimum absolute atomic E-state index is 0.114. The van der Waals surface area contributed by atoms with Crippen molar-refractivity contribution in [1.29, 1.82) is 0 Å². The summed E-state index contributed by atoms with van der Waals surface area (Å²) in [6.07, 6.45) is 2.86. The molecular formula is C14H13N3O. The molecule has 0 atom stereocenters. The van der Waals surface area contributed by atoms with Crippen molar-refractivity contribution in [2.24, 2.45) is 0 Å². The fourth-order valence-corrected chi connectivity index (χ4v) is 2.91. The van der Waals surface area contributed by atoms with Crippen LogP contribution >= 0.6 is 0 Å². The molecule has 1 aliphatic heterocycles. The molecule has 0 fully saturated rings. The van der Waals surface area contributed by atoms with Crippen molar-refractivity contribution in [2.45, 2.75) is 26.4 Å². The maximum atomic E-state index is 12.5. The molecule has 1 aliphatic rings. The number of pyridine rings is 1. The Labute approximate surface area is 103 Å². The minimum atomic E-state index is 0.114. The number of aromatic nitrogens is 3. The number of aryl methyl sites for hydroxylation is 3. The van der Waals surface area contributed by atoms with E-state index in [1.54, 1.807) is 0 Å². The van der Waals surface area contributed by atoms with Crippen LogP contribution in [-0.2, 0) is 13.1 Å². The largest absolute Gasteiger partial charge is 0.292 e. The molecule has 3 aromatic rings. The van der Waals surface area contributed by atoms with E-state index in [1.807, 2.05) is 34.5 Å². The van der Waals surface area contributed by atoms with Crippen LogP contribution < -0.4 is 5.56 Å². The highest BCUT2D eigenvalue weighted by atomic mass is 16.1. The van der Waals surface area contributed by atoms with Crippen LogP contribution in [0.15, 0.2) is 29.2 Å². The number of rotatable bonds is 0. The molecule has 4 nitrogen and oxygen atoms in total. The van der Waals surface area contributed by atoms with Crippen molar-refractivity contribution < 1.29 is 0 Å². The highest BCUT2D eigenvalue weighted by Gasteiger charge is 2.18. The molecule has 1 aromatic carbocycles. The molecule has 18 heavy (non-hydrogen) atoms. The maximum absolute atomic E-state index is 12.5. The van der Waals surface area contributed by atoms with Gasteiger partial charge in [0.05, 0.1) is 6.20 Å². The second-order valence-corrected chi connectivity index (χ2v) is 4.96. The number of hydrogen-bond donors (Lipinski definition) is 0. The minimum Gasteiger partial charge on any atom is -0.292 e. The molecule has 4 heteroatoms. The summed E-state index contributed by atoms with van der Waals surface area (Å²) in [5.41, 5.74) is 2.21. The van der Waals surface area contributed by atoms with Crippen LogP contribution in [0.1, 0.15) is 12.0 Å².